The Balaban J connectivity index is 2.87. The van der Waals surface area contributed by atoms with Crippen LogP contribution in [-0.4, -0.2) is 19.1 Å². The first-order valence-electron chi connectivity index (χ1n) is 5.42. The van der Waals surface area contributed by atoms with Crippen LogP contribution in [0.4, 0.5) is 14.5 Å². The number of hydrogen-bond acceptors (Lipinski definition) is 3. The van der Waals surface area contributed by atoms with Gasteiger partial charge in [0.05, 0.1) is 11.1 Å². The Morgan fingerprint density at radius 1 is 1.44 bits per heavy atom. The Morgan fingerprint density at radius 3 is 2.61 bits per heavy atom. The van der Waals surface area contributed by atoms with Gasteiger partial charge in [0.1, 0.15) is 5.75 Å². The molecule has 4 nitrogen and oxygen atoms in total. The van der Waals surface area contributed by atoms with E-state index >= 15 is 0 Å². The van der Waals surface area contributed by atoms with Gasteiger partial charge in [-0.3, -0.25) is 4.79 Å². The van der Waals surface area contributed by atoms with Crippen molar-refractivity contribution in [1.29, 1.82) is 0 Å². The molecule has 0 aliphatic carbocycles. The quantitative estimate of drug-likeness (QED) is 0.851. The average molecular weight is 258 g/mol. The Morgan fingerprint density at radius 2 is 2.06 bits per heavy atom. The molecule has 0 saturated heterocycles. The summed E-state index contributed by atoms with van der Waals surface area (Å²) >= 11 is 0. The molecule has 0 fully saturated rings. The molecular formula is C12H16F2N2O2. The highest BCUT2D eigenvalue weighted by molar-refractivity contribution is 5.96. The predicted molar refractivity (Wildman–Crippen MR) is 64.5 cm³/mol. The number of alkyl halides is 2. The molecule has 1 aromatic carbocycles. The molecule has 0 bridgehead atoms. The highest BCUT2D eigenvalue weighted by Gasteiger charge is 2.26. The van der Waals surface area contributed by atoms with E-state index in [2.05, 4.69) is 10.1 Å². The van der Waals surface area contributed by atoms with Crippen LogP contribution >= 0.6 is 0 Å². The molecule has 1 rings (SSSR count). The first-order chi connectivity index (χ1) is 8.36. The summed E-state index contributed by atoms with van der Waals surface area (Å²) in [7, 11) is 0. The highest BCUT2D eigenvalue weighted by Crippen LogP contribution is 2.27. The molecule has 0 aliphatic rings. The third kappa shape index (κ3) is 3.66. The van der Waals surface area contributed by atoms with Crippen molar-refractivity contribution in [3.63, 3.8) is 0 Å². The zero-order chi connectivity index (χ0) is 13.8. The van der Waals surface area contributed by atoms with Gasteiger partial charge in [-0.15, -0.1) is 0 Å². The standard InChI is InChI=1S/C12H16F2N2O2/c1-12(2,7-15)10(17)16-8-5-3-4-6-9(8)18-11(13)14/h3-6,11H,7,15H2,1-2H3,(H,16,17). The Hall–Kier alpha value is -1.69. The molecule has 0 spiro atoms. The number of ether oxygens (including phenoxy) is 1. The lowest BCUT2D eigenvalue weighted by molar-refractivity contribution is -0.123. The fraction of sp³-hybridized carbons (Fsp3) is 0.417. The van der Waals surface area contributed by atoms with E-state index in [1.807, 2.05) is 0 Å². The van der Waals surface area contributed by atoms with Crippen molar-refractivity contribution in [3.8, 4) is 5.75 Å². The molecule has 6 heteroatoms. The van der Waals surface area contributed by atoms with Gasteiger partial charge in [-0.2, -0.15) is 8.78 Å². The second-order valence-corrected chi connectivity index (χ2v) is 4.42. The summed E-state index contributed by atoms with van der Waals surface area (Å²) in [4.78, 5) is 11.9. The van der Waals surface area contributed by atoms with Crippen molar-refractivity contribution >= 4 is 11.6 Å². The summed E-state index contributed by atoms with van der Waals surface area (Å²) in [6, 6.07) is 6.00. The van der Waals surface area contributed by atoms with E-state index in [-0.39, 0.29) is 23.9 Å². The monoisotopic (exact) mass is 258 g/mol. The van der Waals surface area contributed by atoms with Crippen LogP contribution in [0.1, 0.15) is 13.8 Å². The highest BCUT2D eigenvalue weighted by atomic mass is 19.3. The van der Waals surface area contributed by atoms with Gasteiger partial charge in [0.2, 0.25) is 5.91 Å². The van der Waals surface area contributed by atoms with Crippen LogP contribution in [0.3, 0.4) is 0 Å². The molecule has 0 radical (unpaired) electrons. The summed E-state index contributed by atoms with van der Waals surface area (Å²) in [6.45, 7) is 0.541. The normalized spacial score (nSPS) is 11.4. The Bertz CT molecular complexity index is 422. The smallest absolute Gasteiger partial charge is 0.387 e. The van der Waals surface area contributed by atoms with Crippen LogP contribution in [0.25, 0.3) is 0 Å². The van der Waals surface area contributed by atoms with Gasteiger partial charge in [0, 0.05) is 6.54 Å². The van der Waals surface area contributed by atoms with Gasteiger partial charge in [0.25, 0.3) is 0 Å². The number of nitrogens with two attached hydrogens (primary N) is 1. The number of carbonyl (C=O) groups is 1. The molecule has 0 aliphatic heterocycles. The fourth-order valence-electron chi connectivity index (χ4n) is 1.15. The van der Waals surface area contributed by atoms with Crippen LogP contribution < -0.4 is 15.8 Å². The summed E-state index contributed by atoms with van der Waals surface area (Å²) in [5.74, 6) is -0.427. The maximum absolute atomic E-state index is 12.2. The number of benzene rings is 1. The van der Waals surface area contributed by atoms with Crippen molar-refractivity contribution in [2.24, 2.45) is 11.1 Å². The van der Waals surface area contributed by atoms with Crippen molar-refractivity contribution in [3.05, 3.63) is 24.3 Å². The van der Waals surface area contributed by atoms with E-state index < -0.39 is 12.0 Å². The van der Waals surface area contributed by atoms with Crippen molar-refractivity contribution in [1.82, 2.24) is 0 Å². The van der Waals surface area contributed by atoms with Crippen molar-refractivity contribution < 1.29 is 18.3 Å². The largest absolute Gasteiger partial charge is 0.433 e. The third-order valence-electron chi connectivity index (χ3n) is 2.48. The number of nitrogens with one attached hydrogen (secondary N) is 1. The Kier molecular flexibility index (Phi) is 4.61. The third-order valence-corrected chi connectivity index (χ3v) is 2.48. The molecule has 3 N–H and O–H groups in total. The number of halogens is 2. The van der Waals surface area contributed by atoms with Crippen molar-refractivity contribution in [2.75, 3.05) is 11.9 Å². The summed E-state index contributed by atoms with van der Waals surface area (Å²) < 4.78 is 28.7. The molecule has 1 aromatic rings. The van der Waals surface area contributed by atoms with Gasteiger partial charge in [-0.25, -0.2) is 0 Å². The zero-order valence-electron chi connectivity index (χ0n) is 10.2. The number of anilines is 1. The van der Waals surface area contributed by atoms with Crippen LogP contribution in [0, 0.1) is 5.41 Å². The second-order valence-electron chi connectivity index (χ2n) is 4.42. The zero-order valence-corrected chi connectivity index (χ0v) is 10.2. The lowest BCUT2D eigenvalue weighted by Crippen LogP contribution is -2.37. The average Bonchev–Trinajstić information content (AvgIpc) is 2.31. The molecule has 0 saturated carbocycles. The first kappa shape index (κ1) is 14.4. The topological polar surface area (TPSA) is 64.4 Å². The fourth-order valence-corrected chi connectivity index (χ4v) is 1.15. The number of para-hydroxylation sites is 2. The summed E-state index contributed by atoms with van der Waals surface area (Å²) in [5, 5.41) is 2.53. The van der Waals surface area contributed by atoms with Gasteiger partial charge < -0.3 is 15.8 Å². The van der Waals surface area contributed by atoms with E-state index in [4.69, 9.17) is 5.73 Å². The maximum atomic E-state index is 12.2. The van der Waals surface area contributed by atoms with Crippen molar-refractivity contribution in [2.45, 2.75) is 20.5 Å². The molecule has 0 unspecified atom stereocenters. The second kappa shape index (κ2) is 5.77. The van der Waals surface area contributed by atoms with E-state index in [1.165, 1.54) is 12.1 Å². The number of carbonyl (C=O) groups excluding carboxylic acids is 1. The number of amides is 1. The Labute approximate surface area is 104 Å². The van der Waals surface area contributed by atoms with E-state index in [0.717, 1.165) is 0 Å². The lowest BCUT2D eigenvalue weighted by atomic mass is 9.92. The van der Waals surface area contributed by atoms with Gasteiger partial charge >= 0.3 is 6.61 Å². The molecule has 0 atom stereocenters. The summed E-state index contributed by atoms with van der Waals surface area (Å²) in [5.41, 5.74) is 4.89. The molecule has 0 heterocycles. The lowest BCUT2D eigenvalue weighted by Gasteiger charge is -2.22. The van der Waals surface area contributed by atoms with Crippen LogP contribution in [0.15, 0.2) is 24.3 Å². The molecule has 100 valence electrons. The summed E-state index contributed by atoms with van der Waals surface area (Å²) in [6.07, 6.45) is 0. The van der Waals surface area contributed by atoms with Gasteiger partial charge in [-0.1, -0.05) is 12.1 Å². The van der Waals surface area contributed by atoms with E-state index in [1.54, 1.807) is 26.0 Å². The first-order valence-corrected chi connectivity index (χ1v) is 5.42. The SMILES string of the molecule is CC(C)(CN)C(=O)Nc1ccccc1OC(F)F. The maximum Gasteiger partial charge on any atom is 0.387 e. The molecular weight excluding hydrogens is 242 g/mol. The molecule has 1 amide bonds. The van der Waals surface area contributed by atoms with Gasteiger partial charge in [0.15, 0.2) is 0 Å². The van der Waals surface area contributed by atoms with Crippen LogP contribution in [0.5, 0.6) is 5.75 Å². The van der Waals surface area contributed by atoms with E-state index in [0.29, 0.717) is 0 Å². The number of hydrogen-bond donors (Lipinski definition) is 2. The van der Waals surface area contributed by atoms with E-state index in [9.17, 15) is 13.6 Å². The minimum absolute atomic E-state index is 0.0753. The minimum Gasteiger partial charge on any atom is -0.433 e. The predicted octanol–water partition coefficient (Wildman–Crippen LogP) is 2.21. The molecule has 0 aromatic heterocycles. The molecule has 18 heavy (non-hydrogen) atoms. The van der Waals surface area contributed by atoms with Crippen LogP contribution in [-0.2, 0) is 4.79 Å². The number of rotatable bonds is 5. The minimum atomic E-state index is -2.94. The van der Waals surface area contributed by atoms with Gasteiger partial charge in [-0.05, 0) is 26.0 Å². The van der Waals surface area contributed by atoms with Crippen LogP contribution in [0.2, 0.25) is 0 Å².